The fourth-order valence-corrected chi connectivity index (χ4v) is 2.16. The van der Waals surface area contributed by atoms with Crippen LogP contribution in [0.1, 0.15) is 13.3 Å². The van der Waals surface area contributed by atoms with Gasteiger partial charge in [-0.05, 0) is 19.1 Å². The quantitative estimate of drug-likeness (QED) is 0.903. The summed E-state index contributed by atoms with van der Waals surface area (Å²) in [6, 6.07) is 7.12. The first-order chi connectivity index (χ1) is 8.06. The van der Waals surface area contributed by atoms with Crippen molar-refractivity contribution in [1.29, 1.82) is 0 Å². The van der Waals surface area contributed by atoms with Crippen LogP contribution in [0.3, 0.4) is 0 Å². The number of hydrogen-bond donors (Lipinski definition) is 1. The second-order valence-electron chi connectivity index (χ2n) is 4.33. The van der Waals surface area contributed by atoms with Crippen LogP contribution < -0.4 is 4.90 Å². The average Bonchev–Trinajstić information content (AvgIpc) is 2.55. The second-order valence-corrected chi connectivity index (χ2v) is 4.74. The van der Waals surface area contributed by atoms with E-state index in [2.05, 4.69) is 0 Å². The highest BCUT2D eigenvalue weighted by atomic mass is 35.5. The third-order valence-electron chi connectivity index (χ3n) is 2.83. The van der Waals surface area contributed by atoms with Gasteiger partial charge in [0, 0.05) is 13.0 Å². The molecule has 17 heavy (non-hydrogen) atoms. The maximum atomic E-state index is 11.8. The van der Waals surface area contributed by atoms with Gasteiger partial charge in [0.25, 0.3) is 0 Å². The van der Waals surface area contributed by atoms with Gasteiger partial charge in [0.1, 0.15) is 5.60 Å². The number of nitrogens with zero attached hydrogens (tertiary/aromatic N) is 1. The van der Waals surface area contributed by atoms with Crippen molar-refractivity contribution in [3.05, 3.63) is 29.3 Å². The van der Waals surface area contributed by atoms with Crippen LogP contribution in [0.4, 0.5) is 10.5 Å². The van der Waals surface area contributed by atoms with Crippen LogP contribution in [0.25, 0.3) is 0 Å². The number of rotatable bonds is 3. The fraction of sp³-hybridized carbons (Fsp3) is 0.417. The number of anilines is 1. The molecule has 1 saturated heterocycles. The van der Waals surface area contributed by atoms with Crippen LogP contribution in [0.2, 0.25) is 5.02 Å². The van der Waals surface area contributed by atoms with E-state index in [1.807, 2.05) is 6.07 Å². The van der Waals surface area contributed by atoms with E-state index in [1.165, 1.54) is 4.90 Å². The number of ether oxygens (including phenoxy) is 1. The molecule has 1 N–H and O–H groups in total. The Kier molecular flexibility index (Phi) is 3.26. The summed E-state index contributed by atoms with van der Waals surface area (Å²) in [5.74, 6) is 0. The number of para-hydroxylation sites is 1. The Morgan fingerprint density at radius 1 is 1.53 bits per heavy atom. The molecule has 0 aromatic heterocycles. The van der Waals surface area contributed by atoms with Crippen LogP contribution in [0, 0.1) is 0 Å². The molecule has 1 atom stereocenters. The summed E-state index contributed by atoms with van der Waals surface area (Å²) in [7, 11) is 0. The Labute approximate surface area is 105 Å². The molecule has 0 aliphatic carbocycles. The summed E-state index contributed by atoms with van der Waals surface area (Å²) >= 11 is 6.04. The maximum absolute atomic E-state index is 11.8. The summed E-state index contributed by atoms with van der Waals surface area (Å²) in [5.41, 5.74) is -0.00816. The van der Waals surface area contributed by atoms with E-state index in [0.717, 1.165) is 0 Å². The molecule has 4 nitrogen and oxygen atoms in total. The molecule has 0 saturated carbocycles. The molecule has 2 rings (SSSR count). The van der Waals surface area contributed by atoms with E-state index < -0.39 is 11.7 Å². The maximum Gasteiger partial charge on any atom is 0.415 e. The Balaban J connectivity index is 2.25. The van der Waals surface area contributed by atoms with Crippen molar-refractivity contribution in [1.82, 2.24) is 0 Å². The molecule has 1 heterocycles. The molecule has 92 valence electrons. The van der Waals surface area contributed by atoms with Crippen molar-refractivity contribution in [2.45, 2.75) is 18.9 Å². The molecule has 1 fully saturated rings. The molecule has 5 heteroatoms. The number of benzene rings is 1. The van der Waals surface area contributed by atoms with E-state index >= 15 is 0 Å². The number of amides is 1. The third kappa shape index (κ3) is 2.37. The van der Waals surface area contributed by atoms with E-state index in [1.54, 1.807) is 25.1 Å². The summed E-state index contributed by atoms with van der Waals surface area (Å²) in [6.07, 6.45) is -0.00581. The van der Waals surface area contributed by atoms with Gasteiger partial charge in [0.15, 0.2) is 0 Å². The van der Waals surface area contributed by atoms with Crippen LogP contribution in [0.15, 0.2) is 24.3 Å². The van der Waals surface area contributed by atoms with Crippen LogP contribution in [-0.2, 0) is 4.74 Å². The van der Waals surface area contributed by atoms with Gasteiger partial charge < -0.3 is 9.84 Å². The topological polar surface area (TPSA) is 49.8 Å². The Bertz CT molecular complexity index is 438. The average molecular weight is 256 g/mol. The molecule has 1 aliphatic heterocycles. The van der Waals surface area contributed by atoms with E-state index in [4.69, 9.17) is 21.4 Å². The van der Waals surface area contributed by atoms with E-state index in [-0.39, 0.29) is 6.61 Å². The van der Waals surface area contributed by atoms with Gasteiger partial charge in [0.05, 0.1) is 17.3 Å². The van der Waals surface area contributed by atoms with Crippen molar-refractivity contribution in [2.24, 2.45) is 0 Å². The standard InChI is InChI=1S/C12H14ClNO3/c1-12(6-7-15)8-14(11(16)17-12)10-5-3-2-4-9(10)13/h2-5,15H,6-8H2,1H3. The highest BCUT2D eigenvalue weighted by Crippen LogP contribution is 2.33. The van der Waals surface area contributed by atoms with Crippen LogP contribution in [-0.4, -0.2) is 30.0 Å². The third-order valence-corrected chi connectivity index (χ3v) is 3.15. The van der Waals surface area contributed by atoms with Gasteiger partial charge in [-0.3, -0.25) is 4.90 Å². The summed E-state index contributed by atoms with van der Waals surface area (Å²) < 4.78 is 5.28. The van der Waals surface area contributed by atoms with Gasteiger partial charge in [-0.15, -0.1) is 0 Å². The van der Waals surface area contributed by atoms with Gasteiger partial charge >= 0.3 is 6.09 Å². The molecule has 0 bridgehead atoms. The number of hydrogen-bond acceptors (Lipinski definition) is 3. The number of cyclic esters (lactones) is 1. The van der Waals surface area contributed by atoms with Gasteiger partial charge in [-0.25, -0.2) is 4.79 Å². The molecule has 0 spiro atoms. The number of carbonyl (C=O) groups excluding carboxylic acids is 1. The molecule has 1 unspecified atom stereocenters. The zero-order valence-electron chi connectivity index (χ0n) is 9.52. The molecular formula is C12H14ClNO3. The minimum absolute atomic E-state index is 0.0137. The lowest BCUT2D eigenvalue weighted by Crippen LogP contribution is -2.32. The van der Waals surface area contributed by atoms with Crippen molar-refractivity contribution in [2.75, 3.05) is 18.1 Å². The van der Waals surface area contributed by atoms with Crippen LogP contribution in [0.5, 0.6) is 0 Å². The minimum atomic E-state index is -0.648. The fourth-order valence-electron chi connectivity index (χ4n) is 1.92. The first-order valence-corrected chi connectivity index (χ1v) is 5.79. The minimum Gasteiger partial charge on any atom is -0.441 e. The molecule has 0 radical (unpaired) electrons. The molecule has 1 aliphatic rings. The first kappa shape index (κ1) is 12.2. The predicted molar refractivity (Wildman–Crippen MR) is 65.4 cm³/mol. The van der Waals surface area contributed by atoms with Crippen molar-refractivity contribution in [3.63, 3.8) is 0 Å². The Morgan fingerprint density at radius 2 is 2.24 bits per heavy atom. The zero-order valence-corrected chi connectivity index (χ0v) is 10.3. The van der Waals surface area contributed by atoms with E-state index in [0.29, 0.717) is 23.7 Å². The van der Waals surface area contributed by atoms with Gasteiger partial charge in [-0.2, -0.15) is 0 Å². The number of aliphatic hydroxyl groups is 1. The lowest BCUT2D eigenvalue weighted by molar-refractivity contribution is 0.0502. The highest BCUT2D eigenvalue weighted by molar-refractivity contribution is 6.33. The molecule has 1 amide bonds. The summed E-state index contributed by atoms with van der Waals surface area (Å²) in [5, 5.41) is 9.47. The molecule has 1 aromatic rings. The monoisotopic (exact) mass is 255 g/mol. The van der Waals surface area contributed by atoms with Crippen molar-refractivity contribution < 1.29 is 14.6 Å². The lowest BCUT2D eigenvalue weighted by atomic mass is 10.0. The van der Waals surface area contributed by atoms with Crippen molar-refractivity contribution in [3.8, 4) is 0 Å². The highest BCUT2D eigenvalue weighted by Gasteiger charge is 2.42. The summed E-state index contributed by atoms with van der Waals surface area (Å²) in [6.45, 7) is 2.19. The number of carbonyl (C=O) groups is 1. The Hall–Kier alpha value is -1.26. The molecule has 1 aromatic carbocycles. The number of halogens is 1. The lowest BCUT2D eigenvalue weighted by Gasteiger charge is -2.20. The largest absolute Gasteiger partial charge is 0.441 e. The SMILES string of the molecule is CC1(CCO)CN(c2ccccc2Cl)C(=O)O1. The van der Waals surface area contributed by atoms with Gasteiger partial charge in [-0.1, -0.05) is 23.7 Å². The zero-order chi connectivity index (χ0) is 12.5. The Morgan fingerprint density at radius 3 is 2.88 bits per heavy atom. The van der Waals surface area contributed by atoms with Gasteiger partial charge in [0.2, 0.25) is 0 Å². The normalized spacial score (nSPS) is 23.9. The number of aliphatic hydroxyl groups excluding tert-OH is 1. The predicted octanol–water partition coefficient (Wildman–Crippen LogP) is 2.44. The van der Waals surface area contributed by atoms with Crippen LogP contribution >= 0.6 is 11.6 Å². The second kappa shape index (κ2) is 4.55. The van der Waals surface area contributed by atoms with Crippen molar-refractivity contribution >= 4 is 23.4 Å². The molecular weight excluding hydrogens is 242 g/mol. The van der Waals surface area contributed by atoms with E-state index in [9.17, 15) is 4.79 Å². The summed E-state index contributed by atoms with van der Waals surface area (Å²) in [4.78, 5) is 13.3. The first-order valence-electron chi connectivity index (χ1n) is 5.42. The smallest absolute Gasteiger partial charge is 0.415 e.